The minimum atomic E-state index is 0.590. The van der Waals surface area contributed by atoms with Crippen LogP contribution in [0.4, 0.5) is 0 Å². The maximum Gasteiger partial charge on any atom is 0.164 e. The highest BCUT2D eigenvalue weighted by molar-refractivity contribution is 6.24. The van der Waals surface area contributed by atoms with Gasteiger partial charge < -0.3 is 13.6 Å². The van der Waals surface area contributed by atoms with Gasteiger partial charge in [0.1, 0.15) is 5.58 Å². The molecule has 0 saturated carbocycles. The Bertz CT molecular complexity index is 4600. The van der Waals surface area contributed by atoms with Gasteiger partial charge in [0.05, 0.1) is 27.8 Å². The minimum Gasteiger partial charge on any atom is -0.453 e. The van der Waals surface area contributed by atoms with Crippen molar-refractivity contribution in [2.75, 3.05) is 0 Å². The Labute approximate surface area is 394 Å². The Morgan fingerprint density at radius 3 is 1.75 bits per heavy atom. The second kappa shape index (κ2) is 14.6. The molecule has 0 N–H and O–H groups in total. The lowest BCUT2D eigenvalue weighted by Gasteiger charge is -2.12. The second-order valence-corrected chi connectivity index (χ2v) is 17.9. The average molecular weight is 880 g/mol. The summed E-state index contributed by atoms with van der Waals surface area (Å²) in [5, 5.41) is 13.4. The Morgan fingerprint density at radius 2 is 0.928 bits per heavy atom. The number of rotatable bonds is 5. The summed E-state index contributed by atoms with van der Waals surface area (Å²) in [7, 11) is 0. The van der Waals surface area contributed by atoms with E-state index in [1.54, 1.807) is 0 Å². The van der Waals surface area contributed by atoms with E-state index < -0.39 is 0 Å². The fourth-order valence-electron chi connectivity index (χ4n) is 11.1. The molecule has 4 heterocycles. The first kappa shape index (κ1) is 37.8. The SMILES string of the molecule is c1ccc(-c2nc(-c3cc4c5cccc(-n6c7cc8ccccc8cc7c7ccc8ccccc8c76)c5oc4c4ccccc34)nc(-c3cccc4c3c3ccccc3n4-c3ccccc3)n2)cc1. The average Bonchev–Trinajstić information content (AvgIpc) is 4.08. The van der Waals surface area contributed by atoms with Crippen LogP contribution in [0.25, 0.3) is 143 Å². The molecule has 0 aliphatic rings. The lowest BCUT2D eigenvalue weighted by molar-refractivity contribution is 0.670. The predicted molar refractivity (Wildman–Crippen MR) is 285 cm³/mol. The fourth-order valence-corrected chi connectivity index (χ4v) is 11.1. The van der Waals surface area contributed by atoms with Gasteiger partial charge >= 0.3 is 0 Å². The number of nitrogens with zero attached hydrogens (tertiary/aromatic N) is 5. The van der Waals surface area contributed by atoms with E-state index in [4.69, 9.17) is 19.4 Å². The first-order valence-corrected chi connectivity index (χ1v) is 23.4. The van der Waals surface area contributed by atoms with E-state index in [0.717, 1.165) is 93.6 Å². The van der Waals surface area contributed by atoms with Gasteiger partial charge in [-0.3, -0.25) is 0 Å². The smallest absolute Gasteiger partial charge is 0.164 e. The normalized spacial score (nSPS) is 12.1. The van der Waals surface area contributed by atoms with Crippen molar-refractivity contribution in [1.29, 1.82) is 0 Å². The highest BCUT2D eigenvalue weighted by Gasteiger charge is 2.24. The molecule has 6 nitrogen and oxygen atoms in total. The summed E-state index contributed by atoms with van der Waals surface area (Å²) in [6.45, 7) is 0. The lowest BCUT2D eigenvalue weighted by Crippen LogP contribution is -2.01. The second-order valence-electron chi connectivity index (χ2n) is 17.9. The van der Waals surface area contributed by atoms with Gasteiger partial charge in [-0.05, 0) is 70.1 Å². The third-order valence-corrected chi connectivity index (χ3v) is 14.1. The molecule has 4 aromatic heterocycles. The van der Waals surface area contributed by atoms with E-state index >= 15 is 0 Å². The van der Waals surface area contributed by atoms with Crippen molar-refractivity contribution in [3.63, 3.8) is 0 Å². The molecule has 11 aromatic carbocycles. The molecule has 0 aliphatic heterocycles. The summed E-state index contributed by atoms with van der Waals surface area (Å²) in [6, 6.07) is 79.5. The van der Waals surface area contributed by atoms with Gasteiger partial charge in [0.25, 0.3) is 0 Å². The molecule has 15 aromatic rings. The maximum absolute atomic E-state index is 7.25. The molecule has 0 saturated heterocycles. The van der Waals surface area contributed by atoms with E-state index in [2.05, 4.69) is 215 Å². The summed E-state index contributed by atoms with van der Waals surface area (Å²) in [4.78, 5) is 16.1. The maximum atomic E-state index is 7.25. The van der Waals surface area contributed by atoms with Gasteiger partial charge in [-0.15, -0.1) is 0 Å². The number of fused-ring (bicyclic) bond motifs is 14. The number of aromatic nitrogens is 5. The first-order chi connectivity index (χ1) is 34.2. The molecule has 0 bridgehead atoms. The largest absolute Gasteiger partial charge is 0.453 e. The van der Waals surface area contributed by atoms with E-state index in [-0.39, 0.29) is 0 Å². The summed E-state index contributed by atoms with van der Waals surface area (Å²) < 4.78 is 12.0. The van der Waals surface area contributed by atoms with Crippen molar-refractivity contribution < 1.29 is 4.42 Å². The topological polar surface area (TPSA) is 61.7 Å². The zero-order chi connectivity index (χ0) is 45.2. The van der Waals surface area contributed by atoms with Gasteiger partial charge in [0.15, 0.2) is 23.1 Å². The van der Waals surface area contributed by atoms with Crippen LogP contribution in [0, 0.1) is 0 Å². The van der Waals surface area contributed by atoms with Gasteiger partial charge in [0, 0.05) is 65.5 Å². The van der Waals surface area contributed by atoms with Crippen molar-refractivity contribution >= 4 is 97.9 Å². The number of para-hydroxylation sites is 3. The molecule has 0 radical (unpaired) electrons. The van der Waals surface area contributed by atoms with Crippen molar-refractivity contribution in [3.8, 4) is 45.5 Å². The lowest BCUT2D eigenvalue weighted by atomic mass is 9.99. The van der Waals surface area contributed by atoms with E-state index in [9.17, 15) is 0 Å². The molecule has 6 heteroatoms. The van der Waals surface area contributed by atoms with Crippen molar-refractivity contribution in [2.45, 2.75) is 0 Å². The minimum absolute atomic E-state index is 0.590. The molecule has 0 aliphatic carbocycles. The summed E-state index contributed by atoms with van der Waals surface area (Å²) in [5.41, 5.74) is 11.0. The van der Waals surface area contributed by atoms with Gasteiger partial charge in [-0.1, -0.05) is 176 Å². The van der Waals surface area contributed by atoms with Crippen LogP contribution in [0.3, 0.4) is 0 Å². The predicted octanol–water partition coefficient (Wildman–Crippen LogP) is 16.4. The van der Waals surface area contributed by atoms with Gasteiger partial charge in [-0.25, -0.2) is 15.0 Å². The van der Waals surface area contributed by atoms with E-state index in [1.165, 1.54) is 32.3 Å². The zero-order valence-electron chi connectivity index (χ0n) is 37.0. The molecule has 0 spiro atoms. The van der Waals surface area contributed by atoms with E-state index in [1.807, 2.05) is 18.2 Å². The van der Waals surface area contributed by atoms with Gasteiger partial charge in [0.2, 0.25) is 0 Å². The van der Waals surface area contributed by atoms with Crippen molar-refractivity contribution in [1.82, 2.24) is 24.1 Å². The number of benzene rings is 11. The molecular formula is C63H37N5O. The third kappa shape index (κ3) is 5.57. The van der Waals surface area contributed by atoms with Crippen LogP contribution in [0.5, 0.6) is 0 Å². The van der Waals surface area contributed by atoms with Crippen LogP contribution in [0.15, 0.2) is 229 Å². The quantitative estimate of drug-likeness (QED) is 0.173. The number of hydrogen-bond donors (Lipinski definition) is 0. The Balaban J connectivity index is 1.01. The Kier molecular flexibility index (Phi) is 7.97. The van der Waals surface area contributed by atoms with Crippen molar-refractivity contribution in [3.05, 3.63) is 224 Å². The molecule has 0 unspecified atom stereocenters. The molecule has 320 valence electrons. The van der Waals surface area contributed by atoms with Crippen molar-refractivity contribution in [2.24, 2.45) is 0 Å². The van der Waals surface area contributed by atoms with Crippen LogP contribution >= 0.6 is 0 Å². The van der Waals surface area contributed by atoms with Crippen LogP contribution in [0.1, 0.15) is 0 Å². The first-order valence-electron chi connectivity index (χ1n) is 23.4. The zero-order valence-corrected chi connectivity index (χ0v) is 37.0. The fraction of sp³-hybridized carbons (Fsp3) is 0. The summed E-state index contributed by atoms with van der Waals surface area (Å²) >= 11 is 0. The number of hydrogen-bond acceptors (Lipinski definition) is 4. The molecule has 0 fully saturated rings. The highest BCUT2D eigenvalue weighted by Crippen LogP contribution is 2.45. The Hall–Kier alpha value is -9.39. The molecule has 15 rings (SSSR count). The van der Waals surface area contributed by atoms with Crippen LogP contribution in [-0.2, 0) is 0 Å². The van der Waals surface area contributed by atoms with Crippen LogP contribution in [0.2, 0.25) is 0 Å². The Morgan fingerprint density at radius 1 is 0.319 bits per heavy atom. The summed E-state index contributed by atoms with van der Waals surface area (Å²) in [6.07, 6.45) is 0. The number of furan rings is 1. The summed E-state index contributed by atoms with van der Waals surface area (Å²) in [5.74, 6) is 1.80. The molecular weight excluding hydrogens is 843 g/mol. The molecule has 0 amide bonds. The third-order valence-electron chi connectivity index (χ3n) is 14.1. The van der Waals surface area contributed by atoms with Gasteiger partial charge in [-0.2, -0.15) is 0 Å². The molecule has 0 atom stereocenters. The van der Waals surface area contributed by atoms with E-state index in [0.29, 0.717) is 17.5 Å². The highest BCUT2D eigenvalue weighted by atomic mass is 16.3. The van der Waals surface area contributed by atoms with Crippen LogP contribution < -0.4 is 0 Å². The monoisotopic (exact) mass is 879 g/mol. The van der Waals surface area contributed by atoms with Crippen LogP contribution in [-0.4, -0.2) is 24.1 Å². The standard InChI is InChI=1S/C63H37N5O/c1-3-18-39(19-4-1)61-64-62(49-29-16-31-54-57(49)48-27-13-14-30-53(48)67(54)42-22-5-2-6-23-42)66-63(65-61)52-37-51-47-28-15-32-55(60(47)69-59(51)46-26-12-11-25-44(46)52)68-56-36-41-21-8-7-20-40(41)35-50(56)45-34-33-38-17-9-10-24-43(38)58(45)68/h1-37H. The molecule has 69 heavy (non-hydrogen) atoms.